The number of alkyl halides is 2. The summed E-state index contributed by atoms with van der Waals surface area (Å²) >= 11 is 0. The van der Waals surface area contributed by atoms with Gasteiger partial charge in [0.25, 0.3) is 18.0 Å². The summed E-state index contributed by atoms with van der Waals surface area (Å²) in [7, 11) is 0. The Hall–Kier alpha value is -2.03. The van der Waals surface area contributed by atoms with Gasteiger partial charge in [0.1, 0.15) is 5.69 Å². The van der Waals surface area contributed by atoms with Gasteiger partial charge in [-0.15, -0.1) is 0 Å². The number of carbonyl (C=O) groups is 1. The molecule has 0 aliphatic heterocycles. The van der Waals surface area contributed by atoms with Gasteiger partial charge in [0.15, 0.2) is 0 Å². The van der Waals surface area contributed by atoms with Gasteiger partial charge in [0.05, 0.1) is 24.3 Å². The Kier molecular flexibility index (Phi) is 5.56. The Bertz CT molecular complexity index is 490. The van der Waals surface area contributed by atoms with Gasteiger partial charge in [-0.1, -0.05) is 0 Å². The molecule has 1 aromatic rings. The molecule has 112 valence electrons. The lowest BCUT2D eigenvalue weighted by molar-refractivity contribution is -0.384. The van der Waals surface area contributed by atoms with E-state index in [0.717, 1.165) is 11.0 Å². The second-order valence-electron chi connectivity index (χ2n) is 3.99. The number of carbonyl (C=O) groups excluding carboxylic acids is 1. The molecule has 1 N–H and O–H groups in total. The normalized spacial score (nSPS) is 10.8. The lowest BCUT2D eigenvalue weighted by atomic mass is 10.3. The fourth-order valence-electron chi connectivity index (χ4n) is 1.76. The number of aromatic nitrogens is 1. The number of hydrogen-bond donors (Lipinski definition) is 1. The van der Waals surface area contributed by atoms with E-state index in [1.54, 1.807) is 6.92 Å². The molecule has 0 bridgehead atoms. The summed E-state index contributed by atoms with van der Waals surface area (Å²) < 4.78 is 26.1. The zero-order valence-electron chi connectivity index (χ0n) is 10.8. The number of aliphatic hydroxyl groups is 1. The quantitative estimate of drug-likeness (QED) is 0.602. The molecule has 0 aliphatic rings. The zero-order valence-corrected chi connectivity index (χ0v) is 10.8. The van der Waals surface area contributed by atoms with Gasteiger partial charge in [0, 0.05) is 19.2 Å². The number of amides is 1. The van der Waals surface area contributed by atoms with Crippen molar-refractivity contribution in [2.45, 2.75) is 19.9 Å². The van der Waals surface area contributed by atoms with Crippen molar-refractivity contribution in [1.29, 1.82) is 0 Å². The standard InChI is InChI=1S/C11H15F2N3O4/c1-2-14-6-8(16(19)20)5-9(14)11(18)15(3-4-17)7-10(12)13/h5-6,10,17H,2-4,7H2,1H3. The van der Waals surface area contributed by atoms with Gasteiger partial charge in [-0.25, -0.2) is 8.78 Å². The van der Waals surface area contributed by atoms with E-state index in [1.165, 1.54) is 10.8 Å². The minimum atomic E-state index is -2.74. The lowest BCUT2D eigenvalue weighted by Crippen LogP contribution is -2.38. The predicted molar refractivity (Wildman–Crippen MR) is 65.8 cm³/mol. The van der Waals surface area contributed by atoms with E-state index < -0.39 is 30.4 Å². The molecule has 0 saturated heterocycles. The first-order chi connectivity index (χ1) is 9.40. The van der Waals surface area contributed by atoms with E-state index in [0.29, 0.717) is 0 Å². The van der Waals surface area contributed by atoms with Crippen molar-refractivity contribution in [3.63, 3.8) is 0 Å². The van der Waals surface area contributed by atoms with Crippen molar-refractivity contribution >= 4 is 11.6 Å². The third-order valence-electron chi connectivity index (χ3n) is 2.67. The fourth-order valence-corrected chi connectivity index (χ4v) is 1.76. The Morgan fingerprint density at radius 3 is 2.70 bits per heavy atom. The van der Waals surface area contributed by atoms with E-state index in [1.807, 2.05) is 0 Å². The lowest BCUT2D eigenvalue weighted by Gasteiger charge is -2.21. The number of nitro groups is 1. The molecule has 20 heavy (non-hydrogen) atoms. The summed E-state index contributed by atoms with van der Waals surface area (Å²) in [5.41, 5.74) is -0.329. The summed E-state index contributed by atoms with van der Waals surface area (Å²) in [6, 6.07) is 1.04. The van der Waals surface area contributed by atoms with Crippen LogP contribution in [0.4, 0.5) is 14.5 Å². The third-order valence-corrected chi connectivity index (χ3v) is 2.67. The molecule has 9 heteroatoms. The van der Waals surface area contributed by atoms with Crippen LogP contribution in [0.5, 0.6) is 0 Å². The molecular weight excluding hydrogens is 276 g/mol. The van der Waals surface area contributed by atoms with Crippen LogP contribution in [0.1, 0.15) is 17.4 Å². The maximum Gasteiger partial charge on any atom is 0.287 e. The molecule has 0 aromatic carbocycles. The van der Waals surface area contributed by atoms with Crippen molar-refractivity contribution in [3.05, 3.63) is 28.1 Å². The van der Waals surface area contributed by atoms with E-state index in [-0.39, 0.29) is 24.5 Å². The average molecular weight is 291 g/mol. The molecule has 7 nitrogen and oxygen atoms in total. The summed E-state index contributed by atoms with van der Waals surface area (Å²) in [4.78, 5) is 22.9. The minimum absolute atomic E-state index is 0.0479. The fraction of sp³-hybridized carbons (Fsp3) is 0.545. The molecule has 0 aliphatic carbocycles. The highest BCUT2D eigenvalue weighted by Crippen LogP contribution is 2.18. The smallest absolute Gasteiger partial charge is 0.287 e. The average Bonchev–Trinajstić information content (AvgIpc) is 2.81. The molecule has 0 fully saturated rings. The first-order valence-electron chi connectivity index (χ1n) is 5.93. The maximum absolute atomic E-state index is 12.4. The van der Waals surface area contributed by atoms with Gasteiger partial charge in [-0.3, -0.25) is 14.9 Å². The molecule has 0 unspecified atom stereocenters. The monoisotopic (exact) mass is 291 g/mol. The highest BCUT2D eigenvalue weighted by Gasteiger charge is 2.25. The molecule has 1 amide bonds. The molecular formula is C11H15F2N3O4. The summed E-state index contributed by atoms with van der Waals surface area (Å²) in [5.74, 6) is -0.769. The Morgan fingerprint density at radius 1 is 1.60 bits per heavy atom. The van der Waals surface area contributed by atoms with E-state index in [4.69, 9.17) is 5.11 Å². The van der Waals surface area contributed by atoms with Crippen molar-refractivity contribution in [1.82, 2.24) is 9.47 Å². The van der Waals surface area contributed by atoms with Crippen LogP contribution in [0, 0.1) is 10.1 Å². The van der Waals surface area contributed by atoms with Crippen molar-refractivity contribution in [2.24, 2.45) is 0 Å². The number of hydrogen-bond acceptors (Lipinski definition) is 4. The molecule has 0 spiro atoms. The molecule has 0 atom stereocenters. The Balaban J connectivity index is 3.06. The largest absolute Gasteiger partial charge is 0.395 e. The second-order valence-corrected chi connectivity index (χ2v) is 3.99. The van der Waals surface area contributed by atoms with E-state index >= 15 is 0 Å². The maximum atomic E-state index is 12.4. The van der Waals surface area contributed by atoms with Crippen LogP contribution >= 0.6 is 0 Å². The number of nitrogens with zero attached hydrogens (tertiary/aromatic N) is 3. The van der Waals surface area contributed by atoms with Crippen LogP contribution in [0.2, 0.25) is 0 Å². The van der Waals surface area contributed by atoms with Crippen LogP contribution in [0.25, 0.3) is 0 Å². The molecule has 1 rings (SSSR count). The van der Waals surface area contributed by atoms with Crippen LogP contribution in [-0.2, 0) is 6.54 Å². The Morgan fingerprint density at radius 2 is 2.25 bits per heavy atom. The zero-order chi connectivity index (χ0) is 15.3. The summed E-state index contributed by atoms with van der Waals surface area (Å²) in [5, 5.41) is 19.5. The molecule has 0 saturated carbocycles. The first-order valence-corrected chi connectivity index (χ1v) is 5.93. The van der Waals surface area contributed by atoms with Gasteiger partial charge < -0.3 is 14.6 Å². The van der Waals surface area contributed by atoms with E-state index in [2.05, 4.69) is 0 Å². The number of rotatable bonds is 7. The molecule has 1 heterocycles. The van der Waals surface area contributed by atoms with Crippen molar-refractivity contribution < 1.29 is 23.6 Å². The topological polar surface area (TPSA) is 88.6 Å². The highest BCUT2D eigenvalue weighted by atomic mass is 19.3. The van der Waals surface area contributed by atoms with Crippen LogP contribution in [0.3, 0.4) is 0 Å². The van der Waals surface area contributed by atoms with Gasteiger partial charge in [-0.05, 0) is 6.92 Å². The predicted octanol–water partition coefficient (Wildman–Crippen LogP) is 1.12. The summed E-state index contributed by atoms with van der Waals surface area (Å²) in [6.45, 7) is 0.405. The van der Waals surface area contributed by atoms with Crippen LogP contribution in [0.15, 0.2) is 12.3 Å². The molecule has 1 aromatic heterocycles. The Labute approximate surface area is 113 Å². The van der Waals surface area contributed by atoms with Crippen LogP contribution < -0.4 is 0 Å². The first kappa shape index (κ1) is 16.0. The minimum Gasteiger partial charge on any atom is -0.395 e. The third kappa shape index (κ3) is 3.73. The van der Waals surface area contributed by atoms with Crippen molar-refractivity contribution in [2.75, 3.05) is 19.7 Å². The summed E-state index contributed by atoms with van der Waals surface area (Å²) in [6.07, 6.45) is -1.57. The van der Waals surface area contributed by atoms with Crippen molar-refractivity contribution in [3.8, 4) is 0 Å². The van der Waals surface area contributed by atoms with E-state index in [9.17, 15) is 23.7 Å². The SMILES string of the molecule is CCn1cc([N+](=O)[O-])cc1C(=O)N(CCO)CC(F)F. The van der Waals surface area contributed by atoms with Gasteiger partial charge >= 0.3 is 0 Å². The second kappa shape index (κ2) is 6.94. The van der Waals surface area contributed by atoms with Crippen LogP contribution in [-0.4, -0.2) is 51.5 Å². The van der Waals surface area contributed by atoms with Gasteiger partial charge in [0.2, 0.25) is 0 Å². The number of aliphatic hydroxyl groups excluding tert-OH is 1. The highest BCUT2D eigenvalue weighted by molar-refractivity contribution is 5.93. The number of halogens is 2. The van der Waals surface area contributed by atoms with Gasteiger partial charge in [-0.2, -0.15) is 0 Å². The molecule has 0 radical (unpaired) electrons. The number of aryl methyl sites for hydroxylation is 1.